The van der Waals surface area contributed by atoms with Gasteiger partial charge in [0, 0.05) is 48.9 Å². The lowest BCUT2D eigenvalue weighted by atomic mass is 9.52. The van der Waals surface area contributed by atoms with Gasteiger partial charge in [-0.3, -0.25) is 24.0 Å². The van der Waals surface area contributed by atoms with Gasteiger partial charge < -0.3 is 26.2 Å². The van der Waals surface area contributed by atoms with Gasteiger partial charge in [0.05, 0.1) is 11.8 Å². The van der Waals surface area contributed by atoms with E-state index in [1.54, 1.807) is 84.9 Å². The van der Waals surface area contributed by atoms with E-state index in [0.717, 1.165) is 40.0 Å². The molecule has 57 heavy (non-hydrogen) atoms. The highest BCUT2D eigenvalue weighted by Gasteiger charge is 2.58. The molecule has 0 unspecified atom stereocenters. The summed E-state index contributed by atoms with van der Waals surface area (Å²) in [6.45, 7) is 4.53. The van der Waals surface area contributed by atoms with Crippen LogP contribution >= 0.6 is 0 Å². The van der Waals surface area contributed by atoms with Crippen LogP contribution in [0.1, 0.15) is 71.6 Å². The highest BCUT2D eigenvalue weighted by atomic mass is 16.4. The van der Waals surface area contributed by atoms with Gasteiger partial charge in [-0.1, -0.05) is 84.9 Å². The molecule has 0 radical (unpaired) electrons. The fourth-order valence-corrected chi connectivity index (χ4v) is 6.46. The predicted molar refractivity (Wildman–Crippen MR) is 214 cm³/mol. The number of carboxylic acids is 4. The number of nitrogen functional groups attached to an aromatic ring is 1. The van der Waals surface area contributed by atoms with Crippen LogP contribution < -0.4 is 5.73 Å². The van der Waals surface area contributed by atoms with Crippen LogP contribution in [0.25, 0.3) is 12.2 Å². The van der Waals surface area contributed by atoms with Crippen molar-refractivity contribution in [3.63, 3.8) is 0 Å². The maximum absolute atomic E-state index is 12.1. The molecule has 1 aliphatic rings. The second-order valence-electron chi connectivity index (χ2n) is 13.7. The summed E-state index contributed by atoms with van der Waals surface area (Å²) in [6, 6.07) is 28.1. The Labute approximate surface area is 330 Å². The van der Waals surface area contributed by atoms with Crippen molar-refractivity contribution >= 4 is 59.1 Å². The van der Waals surface area contributed by atoms with E-state index >= 15 is 0 Å². The number of benzene rings is 4. The Kier molecular flexibility index (Phi) is 16.5. The van der Waals surface area contributed by atoms with Crippen LogP contribution in [0.3, 0.4) is 0 Å². The number of anilines is 1. The number of hydrogen-bond acceptors (Lipinski definition) is 8. The Morgan fingerprint density at radius 1 is 0.474 bits per heavy atom. The molecule has 0 aliphatic heterocycles. The van der Waals surface area contributed by atoms with Crippen LogP contribution in [0.15, 0.2) is 109 Å². The monoisotopic (exact) mass is 775 g/mol. The number of aliphatic carboxylic acids is 4. The SMILES string of the molecule is CC(=O)Cc1ccc(/C=C/C(=O)O)cc1.CC(=O)Cc1ccc(C2C(C(=O)O)C(c3ccc(CC(C)=O)cc3)C2C(=O)O)cc1.Nc1ccc(/C=C/C(=O)O)cc1. The van der Waals surface area contributed by atoms with Gasteiger partial charge in [-0.2, -0.15) is 0 Å². The van der Waals surface area contributed by atoms with Crippen molar-refractivity contribution < 1.29 is 54.0 Å². The van der Waals surface area contributed by atoms with Crippen molar-refractivity contribution in [3.8, 4) is 0 Å². The normalized spacial score (nSPS) is 16.9. The molecule has 0 saturated heterocycles. The fourth-order valence-electron chi connectivity index (χ4n) is 6.46. The van der Waals surface area contributed by atoms with Gasteiger partial charge >= 0.3 is 23.9 Å². The molecule has 0 atom stereocenters. The van der Waals surface area contributed by atoms with E-state index in [1.807, 2.05) is 12.1 Å². The fraction of sp³-hybridized carbons (Fsp3) is 0.222. The van der Waals surface area contributed by atoms with Crippen molar-refractivity contribution in [1.82, 2.24) is 0 Å². The van der Waals surface area contributed by atoms with Crippen molar-refractivity contribution in [2.45, 2.75) is 51.9 Å². The van der Waals surface area contributed by atoms with Crippen LogP contribution in [0.5, 0.6) is 0 Å². The molecular formula is C45H45NO11. The summed E-state index contributed by atoms with van der Waals surface area (Å²) in [6.07, 6.45) is 6.19. The zero-order chi connectivity index (χ0) is 42.2. The minimum atomic E-state index is -1.04. The summed E-state index contributed by atoms with van der Waals surface area (Å²) in [5.41, 5.74) is 11.6. The molecule has 6 N–H and O–H groups in total. The molecule has 0 bridgehead atoms. The molecule has 0 spiro atoms. The molecule has 0 amide bonds. The zero-order valence-electron chi connectivity index (χ0n) is 31.7. The maximum Gasteiger partial charge on any atom is 0.328 e. The summed E-state index contributed by atoms with van der Waals surface area (Å²) >= 11 is 0. The third-order valence-electron chi connectivity index (χ3n) is 8.96. The first-order valence-electron chi connectivity index (χ1n) is 17.8. The highest BCUT2D eigenvalue weighted by molar-refractivity contribution is 5.86. The molecule has 0 heterocycles. The summed E-state index contributed by atoms with van der Waals surface area (Å²) < 4.78 is 0. The van der Waals surface area contributed by atoms with E-state index in [2.05, 4.69) is 0 Å². The number of Topliss-reactive ketones (excluding diaryl/α,β-unsaturated/α-hetero) is 3. The third kappa shape index (κ3) is 14.3. The largest absolute Gasteiger partial charge is 0.481 e. The number of hydrogen-bond donors (Lipinski definition) is 5. The van der Waals surface area contributed by atoms with Gasteiger partial charge in [0.25, 0.3) is 0 Å². The standard InChI is InChI=1S/C24H24O6.C12H12O3.C9H9NO2/c1-13(25)11-15-3-7-17(8-4-15)19-21(23(27)28)20(22(19)24(29)30)18-9-5-16(6-10-18)12-14(2)26;1-9(13)8-11-4-2-10(3-5-11)6-7-12(14)15;10-8-4-1-7(2-5-8)3-6-9(11)12/h3-10,19-22H,11-12H2,1-2H3,(H,27,28)(H,29,30);2-7H,8H2,1H3,(H,14,15);1-6H,10H2,(H,11,12)/b;7-6+;6-3+. The third-order valence-corrected chi connectivity index (χ3v) is 8.96. The first-order valence-corrected chi connectivity index (χ1v) is 17.8. The van der Waals surface area contributed by atoms with Crippen molar-refractivity contribution in [3.05, 3.63) is 148 Å². The second-order valence-corrected chi connectivity index (χ2v) is 13.7. The highest BCUT2D eigenvalue weighted by Crippen LogP contribution is 2.57. The van der Waals surface area contributed by atoms with Crippen molar-refractivity contribution in [2.24, 2.45) is 11.8 Å². The molecule has 296 valence electrons. The molecule has 1 fully saturated rings. The van der Waals surface area contributed by atoms with E-state index < -0.39 is 47.5 Å². The topological polar surface area (TPSA) is 226 Å². The van der Waals surface area contributed by atoms with Crippen LogP contribution in [0.4, 0.5) is 5.69 Å². The first-order chi connectivity index (χ1) is 26.9. The predicted octanol–water partition coefficient (Wildman–Crippen LogP) is 6.51. The summed E-state index contributed by atoms with van der Waals surface area (Å²) in [7, 11) is 0. The van der Waals surface area contributed by atoms with Crippen molar-refractivity contribution in [2.75, 3.05) is 5.73 Å². The lowest BCUT2D eigenvalue weighted by Crippen LogP contribution is -2.50. The Morgan fingerprint density at radius 3 is 1.02 bits per heavy atom. The Balaban J connectivity index is 0.000000267. The van der Waals surface area contributed by atoms with E-state index in [0.29, 0.717) is 23.2 Å². The van der Waals surface area contributed by atoms with E-state index in [-0.39, 0.29) is 30.2 Å². The van der Waals surface area contributed by atoms with Crippen LogP contribution in [0, 0.1) is 11.8 Å². The van der Waals surface area contributed by atoms with Gasteiger partial charge in [0.2, 0.25) is 0 Å². The van der Waals surface area contributed by atoms with Crippen LogP contribution in [-0.2, 0) is 52.8 Å². The van der Waals surface area contributed by atoms with Crippen molar-refractivity contribution in [1.29, 1.82) is 0 Å². The number of carboxylic acid groups (broad SMARTS) is 4. The zero-order valence-corrected chi connectivity index (χ0v) is 31.7. The number of ketones is 3. The van der Waals surface area contributed by atoms with Crippen LogP contribution in [0.2, 0.25) is 0 Å². The van der Waals surface area contributed by atoms with Gasteiger partial charge in [-0.15, -0.1) is 0 Å². The lowest BCUT2D eigenvalue weighted by molar-refractivity contribution is -0.160. The minimum absolute atomic E-state index is 0.0199. The molecule has 4 aromatic carbocycles. The lowest BCUT2D eigenvalue weighted by Gasteiger charge is -2.48. The van der Waals surface area contributed by atoms with Gasteiger partial charge in [-0.25, -0.2) is 9.59 Å². The molecular weight excluding hydrogens is 730 g/mol. The average molecular weight is 776 g/mol. The number of rotatable bonds is 14. The summed E-state index contributed by atoms with van der Waals surface area (Å²) in [4.78, 5) is 77.9. The smallest absolute Gasteiger partial charge is 0.328 e. The van der Waals surface area contributed by atoms with E-state index in [1.165, 1.54) is 32.9 Å². The number of carbonyl (C=O) groups excluding carboxylic acids is 3. The minimum Gasteiger partial charge on any atom is -0.481 e. The maximum atomic E-state index is 12.1. The Bertz CT molecular complexity index is 2030. The quantitative estimate of drug-likeness (QED) is 0.0682. The molecule has 5 rings (SSSR count). The second kappa shape index (κ2) is 21.2. The molecule has 4 aromatic rings. The average Bonchev–Trinajstić information content (AvgIpc) is 3.11. The number of carbonyl (C=O) groups is 7. The summed E-state index contributed by atoms with van der Waals surface area (Å²) in [5.74, 6) is -6.91. The van der Waals surface area contributed by atoms with E-state index in [9.17, 15) is 43.8 Å². The molecule has 0 aromatic heterocycles. The first kappa shape index (κ1) is 44.4. The molecule has 1 saturated carbocycles. The van der Waals surface area contributed by atoms with Crippen LogP contribution in [-0.4, -0.2) is 61.7 Å². The van der Waals surface area contributed by atoms with Gasteiger partial charge in [-0.05, 0) is 84.0 Å². The molecule has 12 heteroatoms. The summed E-state index contributed by atoms with van der Waals surface area (Å²) in [5, 5.41) is 36.5. The Hall–Kier alpha value is -6.95. The van der Waals surface area contributed by atoms with E-state index in [4.69, 9.17) is 15.9 Å². The number of nitrogens with two attached hydrogens (primary N) is 1. The molecule has 12 nitrogen and oxygen atoms in total. The van der Waals surface area contributed by atoms with Gasteiger partial charge in [0.15, 0.2) is 0 Å². The Morgan fingerprint density at radius 2 is 0.754 bits per heavy atom. The molecule has 1 aliphatic carbocycles. The van der Waals surface area contributed by atoms with Gasteiger partial charge in [0.1, 0.15) is 17.3 Å².